The van der Waals surface area contributed by atoms with Crippen LogP contribution in [0.1, 0.15) is 6.92 Å². The maximum atomic E-state index is 10.9. The summed E-state index contributed by atoms with van der Waals surface area (Å²) in [5, 5.41) is 0.282. The zero-order valence-electron chi connectivity index (χ0n) is 10.7. The average molecular weight is 321 g/mol. The summed E-state index contributed by atoms with van der Waals surface area (Å²) in [6, 6.07) is 0. The Kier molecular flexibility index (Phi) is 4.72. The third kappa shape index (κ3) is 3.53. The number of nitrogens with zero attached hydrogens (tertiary/aromatic N) is 4. The van der Waals surface area contributed by atoms with E-state index >= 15 is 0 Å². The molecular formula is C10H14ClN4O4P. The first kappa shape index (κ1) is 15.3. The molecule has 1 unspecified atom stereocenters. The van der Waals surface area contributed by atoms with E-state index in [0.717, 1.165) is 0 Å². The summed E-state index contributed by atoms with van der Waals surface area (Å²) in [6.45, 7) is 2.18. The van der Waals surface area contributed by atoms with Crippen LogP contribution in [0.15, 0.2) is 12.7 Å². The van der Waals surface area contributed by atoms with Gasteiger partial charge in [0.05, 0.1) is 25.2 Å². The Hall–Kier alpha value is -1.05. The third-order valence-electron chi connectivity index (χ3n) is 2.77. The highest BCUT2D eigenvalue weighted by Gasteiger charge is 2.23. The summed E-state index contributed by atoms with van der Waals surface area (Å²) in [5.41, 5.74) is 0.285. The third-order valence-corrected chi connectivity index (χ3v) is 4.34. The van der Waals surface area contributed by atoms with Crippen LogP contribution in [0.25, 0.3) is 11.2 Å². The van der Waals surface area contributed by atoms with E-state index in [1.54, 1.807) is 10.9 Å². The van der Waals surface area contributed by atoms with E-state index in [1.165, 1.54) is 13.3 Å². The van der Waals surface area contributed by atoms with Gasteiger partial charge in [0.1, 0.15) is 11.8 Å². The summed E-state index contributed by atoms with van der Waals surface area (Å²) >= 11 is 5.88. The Morgan fingerprint density at radius 2 is 2.20 bits per heavy atom. The molecule has 0 spiro atoms. The van der Waals surface area contributed by atoms with Gasteiger partial charge in [-0.1, -0.05) is 11.6 Å². The van der Waals surface area contributed by atoms with Crippen molar-refractivity contribution in [3.63, 3.8) is 0 Å². The Morgan fingerprint density at radius 1 is 1.45 bits per heavy atom. The highest BCUT2D eigenvalue weighted by Crippen LogP contribution is 2.40. The quantitative estimate of drug-likeness (QED) is 0.465. The highest BCUT2D eigenvalue weighted by molar-refractivity contribution is 7.52. The summed E-state index contributed by atoms with van der Waals surface area (Å²) in [5.74, 6) is 0. The van der Waals surface area contributed by atoms with Crippen molar-refractivity contribution >= 4 is 30.4 Å². The average Bonchev–Trinajstić information content (AvgIpc) is 2.78. The van der Waals surface area contributed by atoms with Crippen molar-refractivity contribution in [2.75, 3.05) is 13.2 Å². The summed E-state index contributed by atoms with van der Waals surface area (Å²) in [7, 11) is -4.08. The zero-order chi connectivity index (χ0) is 14.8. The first-order valence-corrected chi connectivity index (χ1v) is 7.90. The summed E-state index contributed by atoms with van der Waals surface area (Å²) in [4.78, 5) is 29.9. The fourth-order valence-corrected chi connectivity index (χ4v) is 2.01. The van der Waals surface area contributed by atoms with Crippen molar-refractivity contribution in [1.82, 2.24) is 19.5 Å². The largest absolute Gasteiger partial charge is 0.379 e. The molecule has 2 rings (SSSR count). The normalized spacial score (nSPS) is 13.8. The number of aromatic nitrogens is 4. The predicted molar refractivity (Wildman–Crippen MR) is 72.7 cm³/mol. The molecule has 0 saturated carbocycles. The minimum atomic E-state index is -4.08. The molecule has 0 radical (unpaired) electrons. The van der Waals surface area contributed by atoms with Crippen LogP contribution in [-0.4, -0.2) is 48.2 Å². The second-order valence-corrected chi connectivity index (χ2v) is 6.71. The minimum absolute atomic E-state index is 0.00729. The fourth-order valence-electron chi connectivity index (χ4n) is 1.53. The van der Waals surface area contributed by atoms with Gasteiger partial charge in [-0.15, -0.1) is 0 Å². The molecule has 0 bridgehead atoms. The van der Waals surface area contributed by atoms with Crippen molar-refractivity contribution in [2.45, 2.75) is 19.1 Å². The van der Waals surface area contributed by atoms with Gasteiger partial charge in [-0.3, -0.25) is 4.57 Å². The van der Waals surface area contributed by atoms with Crippen molar-refractivity contribution in [3.8, 4) is 0 Å². The molecule has 0 aliphatic rings. The van der Waals surface area contributed by atoms with Crippen LogP contribution in [0.4, 0.5) is 0 Å². The van der Waals surface area contributed by atoms with Crippen LogP contribution in [0.3, 0.4) is 0 Å². The van der Waals surface area contributed by atoms with E-state index in [2.05, 4.69) is 15.0 Å². The van der Waals surface area contributed by atoms with Crippen LogP contribution in [0.2, 0.25) is 5.15 Å². The maximum absolute atomic E-state index is 10.9. The lowest BCUT2D eigenvalue weighted by molar-refractivity contribution is 0.124. The molecule has 1 atom stereocenters. The molecule has 0 fully saturated rings. The summed E-state index contributed by atoms with van der Waals surface area (Å²) < 4.78 is 17.9. The van der Waals surface area contributed by atoms with E-state index in [4.69, 9.17) is 26.1 Å². The zero-order valence-corrected chi connectivity index (χ0v) is 12.3. The first-order chi connectivity index (χ1) is 9.39. The van der Waals surface area contributed by atoms with E-state index in [1.807, 2.05) is 0 Å². The van der Waals surface area contributed by atoms with Crippen LogP contribution in [0, 0.1) is 0 Å². The molecule has 2 heterocycles. The van der Waals surface area contributed by atoms with Gasteiger partial charge in [-0.25, -0.2) is 15.0 Å². The highest BCUT2D eigenvalue weighted by atomic mass is 35.5. The van der Waals surface area contributed by atoms with Crippen LogP contribution >= 0.6 is 19.2 Å². The fraction of sp³-hybridized carbons (Fsp3) is 0.500. The van der Waals surface area contributed by atoms with E-state index in [9.17, 15) is 4.57 Å². The molecule has 110 valence electrons. The number of fused-ring (bicyclic) bond motifs is 1. The number of imidazole rings is 1. The van der Waals surface area contributed by atoms with Gasteiger partial charge < -0.3 is 19.1 Å². The molecule has 0 amide bonds. The minimum Gasteiger partial charge on any atom is -0.379 e. The van der Waals surface area contributed by atoms with Gasteiger partial charge in [0, 0.05) is 6.54 Å². The van der Waals surface area contributed by atoms with Gasteiger partial charge >= 0.3 is 7.60 Å². The maximum Gasteiger partial charge on any atom is 0.330 e. The molecule has 0 saturated heterocycles. The van der Waals surface area contributed by atoms with Gasteiger partial charge in [0.25, 0.3) is 0 Å². The van der Waals surface area contributed by atoms with Crippen LogP contribution < -0.4 is 0 Å². The molecule has 2 aromatic heterocycles. The number of halogens is 1. The van der Waals surface area contributed by atoms with E-state index in [0.29, 0.717) is 17.7 Å². The lowest BCUT2D eigenvalue weighted by Crippen LogP contribution is -2.15. The lowest BCUT2D eigenvalue weighted by atomic mass is 10.5. The van der Waals surface area contributed by atoms with Gasteiger partial charge in [-0.2, -0.15) is 0 Å². The van der Waals surface area contributed by atoms with Gasteiger partial charge in [0.15, 0.2) is 10.8 Å². The van der Waals surface area contributed by atoms with Crippen molar-refractivity contribution in [1.29, 1.82) is 0 Å². The topological polar surface area (TPSA) is 110 Å². The Bertz CT molecular complexity index is 643. The molecule has 2 N–H and O–H groups in total. The van der Waals surface area contributed by atoms with Crippen LogP contribution in [0.5, 0.6) is 0 Å². The molecular weight excluding hydrogens is 307 g/mol. The summed E-state index contributed by atoms with van der Waals surface area (Å²) in [6.07, 6.45) is 2.92. The van der Waals surface area contributed by atoms with E-state index in [-0.39, 0.29) is 18.4 Å². The molecule has 0 aliphatic carbocycles. The molecule has 2 aromatic rings. The number of hydrogen-bond donors (Lipinski definition) is 2. The van der Waals surface area contributed by atoms with Crippen molar-refractivity contribution < 1.29 is 19.1 Å². The Labute approximate surface area is 119 Å². The SMILES string of the molecule is CC(COCCn1cnc2c(Cl)ncnc21)P(=O)(O)O. The predicted octanol–water partition coefficient (Wildman–Crippen LogP) is 1.06. The van der Waals surface area contributed by atoms with Crippen molar-refractivity contribution in [3.05, 3.63) is 17.8 Å². The second-order valence-electron chi connectivity index (χ2n) is 4.29. The molecule has 8 nitrogen and oxygen atoms in total. The first-order valence-electron chi connectivity index (χ1n) is 5.84. The van der Waals surface area contributed by atoms with Gasteiger partial charge in [-0.05, 0) is 6.92 Å². The smallest absolute Gasteiger partial charge is 0.330 e. The van der Waals surface area contributed by atoms with Crippen molar-refractivity contribution in [2.24, 2.45) is 0 Å². The number of rotatable bonds is 6. The Balaban J connectivity index is 1.91. The van der Waals surface area contributed by atoms with Gasteiger partial charge in [0.2, 0.25) is 0 Å². The second kappa shape index (κ2) is 6.15. The monoisotopic (exact) mass is 320 g/mol. The molecule has 20 heavy (non-hydrogen) atoms. The molecule has 10 heteroatoms. The standard InChI is InChI=1S/C10H14ClN4O4P/c1-7(20(16,17)18)4-19-3-2-15-6-14-8-9(11)12-5-13-10(8)15/h5-7H,2-4H2,1H3,(H2,16,17,18). The number of hydrogen-bond acceptors (Lipinski definition) is 5. The molecule has 0 aliphatic heterocycles. The Morgan fingerprint density at radius 3 is 2.90 bits per heavy atom. The molecule has 0 aromatic carbocycles. The lowest BCUT2D eigenvalue weighted by Gasteiger charge is -2.13. The van der Waals surface area contributed by atoms with E-state index < -0.39 is 13.3 Å². The number of ether oxygens (including phenoxy) is 1. The van der Waals surface area contributed by atoms with Crippen LogP contribution in [-0.2, 0) is 15.8 Å².